The van der Waals surface area contributed by atoms with E-state index in [0.29, 0.717) is 0 Å². The minimum absolute atomic E-state index is 0.113. The van der Waals surface area contributed by atoms with Crippen molar-refractivity contribution in [2.75, 3.05) is 6.54 Å². The van der Waals surface area contributed by atoms with Crippen LogP contribution in [0.4, 0.5) is 0 Å². The number of nitrogens with zero attached hydrogens (tertiary/aromatic N) is 2. The van der Waals surface area contributed by atoms with Crippen LogP contribution in [0.25, 0.3) is 0 Å². The zero-order chi connectivity index (χ0) is 13.3. The van der Waals surface area contributed by atoms with Gasteiger partial charge in [-0.3, -0.25) is 4.68 Å². The van der Waals surface area contributed by atoms with Crippen molar-refractivity contribution in [1.82, 2.24) is 15.1 Å². The molecule has 0 aliphatic carbocycles. The molecular weight excluding hydrogens is 278 g/mol. The molecule has 0 aliphatic rings. The van der Waals surface area contributed by atoms with Crippen LogP contribution < -0.4 is 5.32 Å². The molecule has 4 heteroatoms. The number of aryl methyl sites for hydroxylation is 1. The number of rotatable bonds is 4. The third kappa shape index (κ3) is 4.11. The summed E-state index contributed by atoms with van der Waals surface area (Å²) < 4.78 is 3.06. The molecule has 0 aromatic carbocycles. The van der Waals surface area contributed by atoms with Crippen LogP contribution in [0, 0.1) is 0 Å². The number of hydrogen-bond donors (Lipinski definition) is 1. The molecule has 0 unspecified atom stereocenters. The average Bonchev–Trinajstić information content (AvgIpc) is 2.43. The highest BCUT2D eigenvalue weighted by Crippen LogP contribution is 2.32. The summed E-state index contributed by atoms with van der Waals surface area (Å²) in [6.45, 7) is 12.1. The van der Waals surface area contributed by atoms with Crippen molar-refractivity contribution >= 4 is 15.9 Å². The molecule has 0 amide bonds. The van der Waals surface area contributed by atoms with E-state index in [-0.39, 0.29) is 11.0 Å². The van der Waals surface area contributed by atoms with Gasteiger partial charge in [-0.05, 0) is 49.7 Å². The summed E-state index contributed by atoms with van der Waals surface area (Å²) in [7, 11) is 2.00. The van der Waals surface area contributed by atoms with E-state index in [9.17, 15) is 0 Å². The molecule has 0 spiro atoms. The predicted octanol–water partition coefficient (Wildman–Crippen LogP) is 3.24. The Morgan fingerprint density at radius 3 is 2.29 bits per heavy atom. The van der Waals surface area contributed by atoms with E-state index in [2.05, 4.69) is 61.0 Å². The van der Waals surface area contributed by atoms with Crippen molar-refractivity contribution in [3.63, 3.8) is 0 Å². The fourth-order valence-electron chi connectivity index (χ4n) is 2.04. The van der Waals surface area contributed by atoms with Gasteiger partial charge in [-0.25, -0.2) is 0 Å². The second-order valence-electron chi connectivity index (χ2n) is 6.28. The Kier molecular flexibility index (Phi) is 4.42. The normalized spacial score (nSPS) is 13.1. The van der Waals surface area contributed by atoms with Gasteiger partial charge in [-0.2, -0.15) is 5.10 Å². The lowest BCUT2D eigenvalue weighted by molar-refractivity contribution is 0.368. The van der Waals surface area contributed by atoms with E-state index in [1.54, 1.807) is 0 Å². The smallest absolute Gasteiger partial charge is 0.0635 e. The molecule has 0 aliphatic heterocycles. The van der Waals surface area contributed by atoms with Crippen LogP contribution in [0.5, 0.6) is 0 Å². The molecule has 1 rings (SSSR count). The van der Waals surface area contributed by atoms with E-state index in [1.807, 2.05) is 17.9 Å². The highest BCUT2D eigenvalue weighted by Gasteiger charge is 2.27. The molecule has 0 radical (unpaired) electrons. The Hall–Kier alpha value is -0.350. The summed E-state index contributed by atoms with van der Waals surface area (Å²) in [5.74, 6) is 0. The van der Waals surface area contributed by atoms with Gasteiger partial charge >= 0.3 is 0 Å². The molecule has 0 bridgehead atoms. The summed E-state index contributed by atoms with van der Waals surface area (Å²) in [4.78, 5) is 0. The maximum atomic E-state index is 4.29. The van der Waals surface area contributed by atoms with Gasteiger partial charge in [0, 0.05) is 18.0 Å². The number of halogens is 1. The van der Waals surface area contributed by atoms with E-state index in [0.717, 1.165) is 17.4 Å². The van der Waals surface area contributed by atoms with Crippen molar-refractivity contribution in [2.45, 2.75) is 52.0 Å². The summed E-state index contributed by atoms with van der Waals surface area (Å²) in [5.41, 5.74) is 1.55. The van der Waals surface area contributed by atoms with Gasteiger partial charge in [-0.1, -0.05) is 13.8 Å². The van der Waals surface area contributed by atoms with Gasteiger partial charge in [0.15, 0.2) is 0 Å². The first-order valence-corrected chi connectivity index (χ1v) is 6.86. The first-order valence-electron chi connectivity index (χ1n) is 6.06. The Balaban J connectivity index is 2.69. The van der Waals surface area contributed by atoms with Crippen LogP contribution in [-0.4, -0.2) is 21.9 Å². The highest BCUT2D eigenvalue weighted by atomic mass is 79.9. The van der Waals surface area contributed by atoms with E-state index < -0.39 is 0 Å². The van der Waals surface area contributed by atoms with Gasteiger partial charge in [0.1, 0.15) is 0 Å². The lowest BCUT2D eigenvalue weighted by Crippen LogP contribution is -2.38. The lowest BCUT2D eigenvalue weighted by Gasteiger charge is -2.28. The summed E-state index contributed by atoms with van der Waals surface area (Å²) in [6, 6.07) is 0. The first kappa shape index (κ1) is 14.7. The summed E-state index contributed by atoms with van der Waals surface area (Å²) >= 11 is 3.58. The second kappa shape index (κ2) is 5.11. The van der Waals surface area contributed by atoms with Crippen LogP contribution in [0.2, 0.25) is 0 Å². The fraction of sp³-hybridized carbons (Fsp3) is 0.769. The quantitative estimate of drug-likeness (QED) is 0.925. The maximum absolute atomic E-state index is 4.29. The van der Waals surface area contributed by atoms with Crippen molar-refractivity contribution in [2.24, 2.45) is 7.05 Å². The third-order valence-electron chi connectivity index (χ3n) is 2.94. The molecule has 98 valence electrons. The highest BCUT2D eigenvalue weighted by molar-refractivity contribution is 9.10. The van der Waals surface area contributed by atoms with Crippen LogP contribution in [0.1, 0.15) is 46.7 Å². The Morgan fingerprint density at radius 1 is 1.29 bits per heavy atom. The fourth-order valence-corrected chi connectivity index (χ4v) is 2.93. The molecule has 3 nitrogen and oxygen atoms in total. The van der Waals surface area contributed by atoms with E-state index in [4.69, 9.17) is 0 Å². The Labute approximate surface area is 113 Å². The van der Waals surface area contributed by atoms with E-state index >= 15 is 0 Å². The SMILES string of the molecule is Cn1ncc(Br)c1C(C)(C)CCNC(C)(C)C. The summed E-state index contributed by atoms with van der Waals surface area (Å²) in [5, 5.41) is 7.82. The number of nitrogens with one attached hydrogen (secondary N) is 1. The number of aromatic nitrogens is 2. The van der Waals surface area contributed by atoms with Crippen LogP contribution in [0.3, 0.4) is 0 Å². The minimum Gasteiger partial charge on any atom is -0.312 e. The Bertz CT molecular complexity index is 355. The first-order chi connectivity index (χ1) is 7.63. The van der Waals surface area contributed by atoms with Gasteiger partial charge in [0.05, 0.1) is 16.4 Å². The van der Waals surface area contributed by atoms with Gasteiger partial charge in [-0.15, -0.1) is 0 Å². The largest absolute Gasteiger partial charge is 0.312 e. The molecule has 0 atom stereocenters. The van der Waals surface area contributed by atoms with Gasteiger partial charge < -0.3 is 5.32 Å². The molecule has 1 aromatic heterocycles. The molecule has 0 fully saturated rings. The molecule has 17 heavy (non-hydrogen) atoms. The topological polar surface area (TPSA) is 29.9 Å². The Morgan fingerprint density at radius 2 is 1.88 bits per heavy atom. The monoisotopic (exact) mass is 301 g/mol. The minimum atomic E-state index is 0.113. The van der Waals surface area contributed by atoms with E-state index in [1.165, 1.54) is 5.69 Å². The van der Waals surface area contributed by atoms with Crippen molar-refractivity contribution in [3.05, 3.63) is 16.4 Å². The average molecular weight is 302 g/mol. The van der Waals surface area contributed by atoms with Crippen molar-refractivity contribution in [3.8, 4) is 0 Å². The zero-order valence-corrected chi connectivity index (χ0v) is 13.3. The molecule has 1 aromatic rings. The lowest BCUT2D eigenvalue weighted by atomic mass is 9.85. The second-order valence-corrected chi connectivity index (χ2v) is 7.13. The van der Waals surface area contributed by atoms with Crippen molar-refractivity contribution < 1.29 is 0 Å². The van der Waals surface area contributed by atoms with Crippen LogP contribution >= 0.6 is 15.9 Å². The molecular formula is C13H24BrN3. The van der Waals surface area contributed by atoms with Crippen LogP contribution in [-0.2, 0) is 12.5 Å². The van der Waals surface area contributed by atoms with Crippen LogP contribution in [0.15, 0.2) is 10.7 Å². The van der Waals surface area contributed by atoms with Gasteiger partial charge in [0.2, 0.25) is 0 Å². The molecule has 1 N–H and O–H groups in total. The van der Waals surface area contributed by atoms with Crippen molar-refractivity contribution in [1.29, 1.82) is 0 Å². The van der Waals surface area contributed by atoms with Gasteiger partial charge in [0.25, 0.3) is 0 Å². The number of hydrogen-bond acceptors (Lipinski definition) is 2. The summed E-state index contributed by atoms with van der Waals surface area (Å²) in [6.07, 6.45) is 2.96. The zero-order valence-electron chi connectivity index (χ0n) is 11.8. The molecule has 0 saturated carbocycles. The predicted molar refractivity (Wildman–Crippen MR) is 76.3 cm³/mol. The maximum Gasteiger partial charge on any atom is 0.0635 e. The third-order valence-corrected chi connectivity index (χ3v) is 3.52. The standard InChI is InChI=1S/C13H24BrN3/c1-12(2,3)15-8-7-13(4,5)11-10(14)9-16-17(11)6/h9,15H,7-8H2,1-6H3. The molecule has 1 heterocycles. The molecule has 0 saturated heterocycles.